The van der Waals surface area contributed by atoms with Crippen molar-refractivity contribution in [2.24, 2.45) is 0 Å². The number of aliphatic hydroxyl groups excluding tert-OH is 1. The molecule has 1 aromatic carbocycles. The molecule has 1 aliphatic carbocycles. The number of hydrogen-bond acceptors (Lipinski definition) is 4. The zero-order chi connectivity index (χ0) is 15.7. The standard InChI is InChI=1S/C18H29N3O/c1-13-10-20(11-14(2)21(13)5-6-22)12-15-7-17(16-3-4-16)9-18(19)8-15/h7-9,13-14,16,22H,3-6,10-12,19H2,1-2H3/t13-,14+. The lowest BCUT2D eigenvalue weighted by Crippen LogP contribution is -2.56. The first kappa shape index (κ1) is 15.8. The topological polar surface area (TPSA) is 52.7 Å². The Morgan fingerprint density at radius 1 is 1.14 bits per heavy atom. The molecule has 4 nitrogen and oxygen atoms in total. The molecule has 0 spiro atoms. The van der Waals surface area contributed by atoms with E-state index in [-0.39, 0.29) is 6.61 Å². The second kappa shape index (κ2) is 6.57. The number of β-amino-alcohol motifs (C(OH)–C–C–N with tert-alkyl or cyclic N) is 1. The highest BCUT2D eigenvalue weighted by atomic mass is 16.3. The minimum absolute atomic E-state index is 0.245. The Hall–Kier alpha value is -1.10. The molecule has 1 aromatic rings. The minimum Gasteiger partial charge on any atom is -0.399 e. The highest BCUT2D eigenvalue weighted by Crippen LogP contribution is 2.41. The van der Waals surface area contributed by atoms with Crippen LogP contribution >= 0.6 is 0 Å². The molecule has 1 aliphatic heterocycles. The lowest BCUT2D eigenvalue weighted by Gasteiger charge is -2.44. The van der Waals surface area contributed by atoms with Crippen LogP contribution in [0.2, 0.25) is 0 Å². The number of piperazine rings is 1. The summed E-state index contributed by atoms with van der Waals surface area (Å²) in [6, 6.07) is 7.59. The van der Waals surface area contributed by atoms with E-state index in [0.717, 1.165) is 37.8 Å². The predicted molar refractivity (Wildman–Crippen MR) is 90.8 cm³/mol. The average molecular weight is 303 g/mol. The number of hydrogen-bond donors (Lipinski definition) is 2. The van der Waals surface area contributed by atoms with Gasteiger partial charge in [0.05, 0.1) is 6.61 Å². The van der Waals surface area contributed by atoms with Crippen LogP contribution in [-0.2, 0) is 6.54 Å². The third-order valence-corrected chi connectivity index (χ3v) is 5.03. The van der Waals surface area contributed by atoms with E-state index in [1.165, 1.54) is 24.0 Å². The van der Waals surface area contributed by atoms with Crippen LogP contribution in [0, 0.1) is 0 Å². The summed E-state index contributed by atoms with van der Waals surface area (Å²) in [5.74, 6) is 0.751. The number of nitrogens with two attached hydrogens (primary N) is 1. The lowest BCUT2D eigenvalue weighted by atomic mass is 10.0. The zero-order valence-corrected chi connectivity index (χ0v) is 13.8. The van der Waals surface area contributed by atoms with Gasteiger partial charge in [0.2, 0.25) is 0 Å². The van der Waals surface area contributed by atoms with Crippen LogP contribution in [0.15, 0.2) is 18.2 Å². The summed E-state index contributed by atoms with van der Waals surface area (Å²) >= 11 is 0. The van der Waals surface area contributed by atoms with Gasteiger partial charge in [-0.2, -0.15) is 0 Å². The molecule has 1 saturated carbocycles. The third kappa shape index (κ3) is 3.62. The summed E-state index contributed by atoms with van der Waals surface area (Å²) in [7, 11) is 0. The molecular formula is C18H29N3O. The Morgan fingerprint density at radius 2 is 1.82 bits per heavy atom. The molecule has 1 heterocycles. The monoisotopic (exact) mass is 303 g/mol. The van der Waals surface area contributed by atoms with Crippen LogP contribution in [0.1, 0.15) is 43.7 Å². The van der Waals surface area contributed by atoms with E-state index >= 15 is 0 Å². The van der Waals surface area contributed by atoms with Gasteiger partial charge in [-0.1, -0.05) is 6.07 Å². The maximum atomic E-state index is 9.20. The molecule has 0 bridgehead atoms. The van der Waals surface area contributed by atoms with E-state index in [1.54, 1.807) is 0 Å². The van der Waals surface area contributed by atoms with Crippen molar-refractivity contribution in [2.75, 3.05) is 32.0 Å². The normalized spacial score (nSPS) is 27.2. The van der Waals surface area contributed by atoms with E-state index < -0.39 is 0 Å². The van der Waals surface area contributed by atoms with Crippen molar-refractivity contribution in [1.29, 1.82) is 0 Å². The molecule has 22 heavy (non-hydrogen) atoms. The van der Waals surface area contributed by atoms with Crippen LogP contribution < -0.4 is 5.73 Å². The van der Waals surface area contributed by atoms with Crippen LogP contribution in [0.25, 0.3) is 0 Å². The first-order valence-corrected chi connectivity index (χ1v) is 8.55. The highest BCUT2D eigenvalue weighted by Gasteiger charge is 2.29. The average Bonchev–Trinajstić information content (AvgIpc) is 3.26. The first-order valence-electron chi connectivity index (χ1n) is 8.55. The van der Waals surface area contributed by atoms with Gasteiger partial charge in [0.25, 0.3) is 0 Å². The molecule has 2 aliphatic rings. The smallest absolute Gasteiger partial charge is 0.0558 e. The molecule has 0 radical (unpaired) electrons. The number of aliphatic hydroxyl groups is 1. The molecule has 2 atom stereocenters. The molecule has 3 N–H and O–H groups in total. The second-order valence-corrected chi connectivity index (χ2v) is 7.14. The fraction of sp³-hybridized carbons (Fsp3) is 0.667. The quantitative estimate of drug-likeness (QED) is 0.817. The molecule has 4 heteroatoms. The van der Waals surface area contributed by atoms with Gasteiger partial charge in [-0.3, -0.25) is 9.80 Å². The van der Waals surface area contributed by atoms with Crippen molar-refractivity contribution in [2.45, 2.75) is 51.2 Å². The summed E-state index contributed by atoms with van der Waals surface area (Å²) in [5.41, 5.74) is 9.76. The van der Waals surface area contributed by atoms with Gasteiger partial charge < -0.3 is 10.8 Å². The predicted octanol–water partition coefficient (Wildman–Crippen LogP) is 2.03. The highest BCUT2D eigenvalue weighted by molar-refractivity contribution is 5.46. The molecule has 1 saturated heterocycles. The molecule has 0 amide bonds. The van der Waals surface area contributed by atoms with Gasteiger partial charge in [-0.25, -0.2) is 0 Å². The van der Waals surface area contributed by atoms with Crippen LogP contribution in [-0.4, -0.2) is 53.2 Å². The van der Waals surface area contributed by atoms with Crippen molar-refractivity contribution < 1.29 is 5.11 Å². The first-order chi connectivity index (χ1) is 10.6. The van der Waals surface area contributed by atoms with E-state index in [1.807, 2.05) is 0 Å². The summed E-state index contributed by atoms with van der Waals surface area (Å²) in [4.78, 5) is 4.93. The number of anilines is 1. The Kier molecular flexibility index (Phi) is 4.71. The molecule has 0 aromatic heterocycles. The fourth-order valence-electron chi connectivity index (χ4n) is 3.90. The van der Waals surface area contributed by atoms with Crippen molar-refractivity contribution in [1.82, 2.24) is 9.80 Å². The molecule has 3 rings (SSSR count). The summed E-state index contributed by atoms with van der Waals surface area (Å²) in [6.45, 7) is 8.62. The molecule has 2 fully saturated rings. The SMILES string of the molecule is C[C@@H]1CN(Cc2cc(N)cc(C3CC3)c2)C[C@H](C)N1CCO. The molecule has 0 unspecified atom stereocenters. The van der Waals surface area contributed by atoms with Gasteiger partial charge >= 0.3 is 0 Å². The Labute approximate surface area is 133 Å². The van der Waals surface area contributed by atoms with E-state index in [4.69, 9.17) is 5.73 Å². The fourth-order valence-corrected chi connectivity index (χ4v) is 3.90. The summed E-state index contributed by atoms with van der Waals surface area (Å²) in [5, 5.41) is 9.20. The van der Waals surface area contributed by atoms with Crippen LogP contribution in [0.3, 0.4) is 0 Å². The van der Waals surface area contributed by atoms with Gasteiger partial charge in [0, 0.05) is 44.0 Å². The van der Waals surface area contributed by atoms with Crippen molar-refractivity contribution in [3.8, 4) is 0 Å². The largest absolute Gasteiger partial charge is 0.399 e. The van der Waals surface area contributed by atoms with Crippen LogP contribution in [0.4, 0.5) is 5.69 Å². The second-order valence-electron chi connectivity index (χ2n) is 7.14. The van der Waals surface area contributed by atoms with Crippen LogP contribution in [0.5, 0.6) is 0 Å². The number of benzene rings is 1. The number of rotatable bonds is 5. The Bertz CT molecular complexity index is 503. The summed E-state index contributed by atoms with van der Waals surface area (Å²) < 4.78 is 0. The zero-order valence-electron chi connectivity index (χ0n) is 13.8. The van der Waals surface area contributed by atoms with Gasteiger partial charge in [-0.15, -0.1) is 0 Å². The van der Waals surface area contributed by atoms with Gasteiger partial charge in [0.15, 0.2) is 0 Å². The minimum atomic E-state index is 0.245. The van der Waals surface area contributed by atoms with E-state index in [9.17, 15) is 5.11 Å². The maximum absolute atomic E-state index is 9.20. The van der Waals surface area contributed by atoms with Crippen molar-refractivity contribution in [3.63, 3.8) is 0 Å². The van der Waals surface area contributed by atoms with E-state index in [2.05, 4.69) is 41.8 Å². The lowest BCUT2D eigenvalue weighted by molar-refractivity contribution is 0.0238. The van der Waals surface area contributed by atoms with E-state index in [0.29, 0.717) is 12.1 Å². The van der Waals surface area contributed by atoms with Gasteiger partial charge in [0.1, 0.15) is 0 Å². The Balaban J connectivity index is 1.66. The Morgan fingerprint density at radius 3 is 2.41 bits per heavy atom. The summed E-state index contributed by atoms with van der Waals surface area (Å²) in [6.07, 6.45) is 2.63. The van der Waals surface area contributed by atoms with Crippen molar-refractivity contribution in [3.05, 3.63) is 29.3 Å². The maximum Gasteiger partial charge on any atom is 0.0558 e. The number of nitrogens with zero attached hydrogens (tertiary/aromatic N) is 2. The van der Waals surface area contributed by atoms with Crippen molar-refractivity contribution >= 4 is 5.69 Å². The van der Waals surface area contributed by atoms with Gasteiger partial charge in [-0.05, 0) is 55.9 Å². The number of nitrogen functional groups attached to an aromatic ring is 1. The molecule has 122 valence electrons. The molecular weight excluding hydrogens is 274 g/mol. The third-order valence-electron chi connectivity index (χ3n) is 5.03.